The molecule has 27 heavy (non-hydrogen) atoms. The maximum atomic E-state index is 13.7. The molecule has 152 valence electrons. The minimum atomic E-state index is -5.49. The van der Waals surface area contributed by atoms with E-state index in [0.717, 1.165) is 12.1 Å². The molecular formula is C15H16F6N2O4. The molecule has 0 saturated heterocycles. The Hall–Kier alpha value is -2.66. The second-order valence-electron chi connectivity index (χ2n) is 5.02. The third kappa shape index (κ3) is 5.41. The number of hydrogen-bond donors (Lipinski definition) is 2. The number of esters is 1. The standard InChI is InChI=1S/C15H16F6N2O4/c1-3-26-11(24)13(15(19,20)21,23-12(25)27-4-2)22-10-7-5-6-9(8-10)14(16,17)18/h5-8,22H,3-4H2,1-2H3,(H,23,25)/t13-/m1/s1. The summed E-state index contributed by atoms with van der Waals surface area (Å²) in [5.41, 5.74) is -5.85. The van der Waals surface area contributed by atoms with Crippen molar-refractivity contribution in [2.45, 2.75) is 31.9 Å². The molecule has 0 aromatic heterocycles. The van der Waals surface area contributed by atoms with E-state index in [1.165, 1.54) is 19.2 Å². The smallest absolute Gasteiger partial charge is 0.442 e. The average Bonchev–Trinajstić information content (AvgIpc) is 2.53. The summed E-state index contributed by atoms with van der Waals surface area (Å²) in [4.78, 5) is 23.6. The van der Waals surface area contributed by atoms with Gasteiger partial charge in [0.05, 0.1) is 18.8 Å². The maximum Gasteiger partial charge on any atom is 0.442 e. The number of rotatable bonds is 6. The number of amides is 1. The summed E-state index contributed by atoms with van der Waals surface area (Å²) in [6.45, 7) is 1.73. The van der Waals surface area contributed by atoms with E-state index in [2.05, 4.69) is 9.47 Å². The van der Waals surface area contributed by atoms with Gasteiger partial charge >= 0.3 is 30.1 Å². The van der Waals surface area contributed by atoms with Crippen LogP contribution in [0.4, 0.5) is 36.8 Å². The number of hydrogen-bond acceptors (Lipinski definition) is 5. The van der Waals surface area contributed by atoms with Gasteiger partial charge in [0, 0.05) is 5.69 Å². The quantitative estimate of drug-likeness (QED) is 0.431. The Bertz CT molecular complexity index is 677. The highest BCUT2D eigenvalue weighted by Crippen LogP contribution is 2.35. The van der Waals surface area contributed by atoms with Gasteiger partial charge in [0.2, 0.25) is 0 Å². The number of halogens is 6. The van der Waals surface area contributed by atoms with E-state index < -0.39 is 47.9 Å². The second kappa shape index (κ2) is 8.35. The number of alkyl carbamates (subject to hydrolysis) is 1. The number of carbonyl (C=O) groups excluding carboxylic acids is 2. The molecule has 0 aliphatic rings. The van der Waals surface area contributed by atoms with Crippen LogP contribution in [0.1, 0.15) is 19.4 Å². The molecule has 6 nitrogen and oxygen atoms in total. The molecule has 0 aliphatic heterocycles. The molecule has 0 unspecified atom stereocenters. The number of benzene rings is 1. The molecule has 0 saturated carbocycles. The summed E-state index contributed by atoms with van der Waals surface area (Å²) in [6, 6.07) is 2.68. The zero-order chi connectivity index (χ0) is 20.9. The van der Waals surface area contributed by atoms with Gasteiger partial charge in [-0.25, -0.2) is 9.59 Å². The second-order valence-corrected chi connectivity index (χ2v) is 5.02. The third-order valence-electron chi connectivity index (χ3n) is 3.09. The predicted molar refractivity (Wildman–Crippen MR) is 80.6 cm³/mol. The lowest BCUT2D eigenvalue weighted by Gasteiger charge is -2.35. The first-order valence-corrected chi connectivity index (χ1v) is 7.51. The van der Waals surface area contributed by atoms with Crippen molar-refractivity contribution in [3.63, 3.8) is 0 Å². The molecule has 1 aromatic rings. The molecule has 12 heteroatoms. The Labute approximate surface area is 149 Å². The van der Waals surface area contributed by atoms with Crippen molar-refractivity contribution in [2.24, 2.45) is 0 Å². The molecule has 0 heterocycles. The summed E-state index contributed by atoms with van der Waals surface area (Å²) < 4.78 is 88.2. The highest BCUT2D eigenvalue weighted by molar-refractivity contribution is 5.89. The van der Waals surface area contributed by atoms with Gasteiger partial charge in [0.25, 0.3) is 0 Å². The zero-order valence-corrected chi connectivity index (χ0v) is 14.1. The minimum Gasteiger partial charge on any atom is -0.463 e. The van der Waals surface area contributed by atoms with Gasteiger partial charge in [-0.15, -0.1) is 0 Å². The summed E-state index contributed by atoms with van der Waals surface area (Å²) >= 11 is 0. The lowest BCUT2D eigenvalue weighted by Crippen LogP contribution is -2.69. The fourth-order valence-electron chi connectivity index (χ4n) is 1.94. The van der Waals surface area contributed by atoms with Crippen molar-refractivity contribution < 1.29 is 45.4 Å². The number of nitrogens with one attached hydrogen (secondary N) is 2. The van der Waals surface area contributed by atoms with Crippen molar-refractivity contribution in [1.29, 1.82) is 0 Å². The Morgan fingerprint density at radius 2 is 1.59 bits per heavy atom. The topological polar surface area (TPSA) is 76.7 Å². The fraction of sp³-hybridized carbons (Fsp3) is 0.467. The molecule has 0 bridgehead atoms. The van der Waals surface area contributed by atoms with Gasteiger partial charge in [0.1, 0.15) is 0 Å². The van der Waals surface area contributed by atoms with E-state index >= 15 is 0 Å². The number of carbonyl (C=O) groups is 2. The van der Waals surface area contributed by atoms with Crippen LogP contribution >= 0.6 is 0 Å². The van der Waals surface area contributed by atoms with Gasteiger partial charge in [-0.2, -0.15) is 26.3 Å². The number of ether oxygens (including phenoxy) is 2. The molecule has 0 radical (unpaired) electrons. The van der Waals surface area contributed by atoms with Crippen LogP contribution in [0.25, 0.3) is 0 Å². The molecule has 0 spiro atoms. The Kier molecular flexibility index (Phi) is 6.93. The van der Waals surface area contributed by atoms with Crippen LogP contribution in [0.3, 0.4) is 0 Å². The maximum absolute atomic E-state index is 13.7. The van der Waals surface area contributed by atoms with E-state index in [1.807, 2.05) is 0 Å². The first kappa shape index (κ1) is 22.4. The monoisotopic (exact) mass is 402 g/mol. The van der Waals surface area contributed by atoms with Crippen LogP contribution in [0.15, 0.2) is 24.3 Å². The summed E-state index contributed by atoms with van der Waals surface area (Å²) in [5.74, 6) is -1.97. The van der Waals surface area contributed by atoms with E-state index in [1.54, 1.807) is 5.32 Å². The molecular weight excluding hydrogens is 386 g/mol. The van der Waals surface area contributed by atoms with Crippen LogP contribution in [-0.4, -0.2) is 37.1 Å². The van der Waals surface area contributed by atoms with Crippen molar-refractivity contribution in [3.05, 3.63) is 29.8 Å². The van der Waals surface area contributed by atoms with E-state index in [-0.39, 0.29) is 6.61 Å². The lowest BCUT2D eigenvalue weighted by atomic mass is 10.1. The number of anilines is 1. The van der Waals surface area contributed by atoms with Gasteiger partial charge in [-0.1, -0.05) is 6.07 Å². The molecule has 1 atom stereocenters. The summed E-state index contributed by atoms with van der Waals surface area (Å²) in [5, 5.41) is 2.92. The van der Waals surface area contributed by atoms with Crippen LogP contribution in [0, 0.1) is 0 Å². The van der Waals surface area contributed by atoms with Crippen molar-refractivity contribution in [3.8, 4) is 0 Å². The molecule has 0 fully saturated rings. The van der Waals surface area contributed by atoms with E-state index in [4.69, 9.17) is 0 Å². The average molecular weight is 402 g/mol. The van der Waals surface area contributed by atoms with E-state index in [0.29, 0.717) is 12.1 Å². The molecule has 1 aromatic carbocycles. The summed E-state index contributed by atoms with van der Waals surface area (Å²) in [6.07, 6.45) is -11.9. The highest BCUT2D eigenvalue weighted by Gasteiger charge is 2.64. The highest BCUT2D eigenvalue weighted by atomic mass is 19.4. The first-order valence-electron chi connectivity index (χ1n) is 7.51. The van der Waals surface area contributed by atoms with Gasteiger partial charge in [-0.3, -0.25) is 5.32 Å². The van der Waals surface area contributed by atoms with E-state index in [9.17, 15) is 35.9 Å². The largest absolute Gasteiger partial charge is 0.463 e. The third-order valence-corrected chi connectivity index (χ3v) is 3.09. The SMILES string of the molecule is CCOC(=O)N[C@](Nc1cccc(C(F)(F)F)c1)(C(=O)OCC)C(F)(F)F. The Morgan fingerprint density at radius 1 is 1.00 bits per heavy atom. The molecule has 1 rings (SSSR count). The Morgan fingerprint density at radius 3 is 2.07 bits per heavy atom. The number of alkyl halides is 6. The van der Waals surface area contributed by atoms with Gasteiger partial charge < -0.3 is 14.8 Å². The van der Waals surface area contributed by atoms with Crippen LogP contribution in [-0.2, 0) is 20.4 Å². The van der Waals surface area contributed by atoms with Crippen molar-refractivity contribution in [2.75, 3.05) is 18.5 Å². The van der Waals surface area contributed by atoms with Gasteiger partial charge in [-0.05, 0) is 32.0 Å². The van der Waals surface area contributed by atoms with Crippen molar-refractivity contribution in [1.82, 2.24) is 5.32 Å². The normalized spacial score (nSPS) is 14.1. The molecule has 0 aliphatic carbocycles. The fourth-order valence-corrected chi connectivity index (χ4v) is 1.94. The Balaban J connectivity index is 3.43. The first-order chi connectivity index (χ1) is 12.4. The summed E-state index contributed by atoms with van der Waals surface area (Å²) in [7, 11) is 0. The lowest BCUT2D eigenvalue weighted by molar-refractivity contribution is -0.205. The van der Waals surface area contributed by atoms with Crippen LogP contribution in [0.5, 0.6) is 0 Å². The van der Waals surface area contributed by atoms with Crippen LogP contribution < -0.4 is 10.6 Å². The molecule has 2 N–H and O–H groups in total. The van der Waals surface area contributed by atoms with Gasteiger partial charge in [0.15, 0.2) is 0 Å². The van der Waals surface area contributed by atoms with Crippen molar-refractivity contribution >= 4 is 17.7 Å². The molecule has 1 amide bonds. The zero-order valence-electron chi connectivity index (χ0n) is 14.1. The predicted octanol–water partition coefficient (Wildman–Crippen LogP) is 3.69. The minimum absolute atomic E-state index is 0.313. The van der Waals surface area contributed by atoms with Crippen LogP contribution in [0.2, 0.25) is 0 Å².